The number of hydrogen-bond acceptors (Lipinski definition) is 5. The van der Waals surface area contributed by atoms with Gasteiger partial charge in [0.05, 0.1) is 0 Å². The fraction of sp³-hybridized carbons (Fsp3) is 0.500. The largest absolute Gasteiger partial charge is 0.354 e. The Morgan fingerprint density at radius 2 is 2.13 bits per heavy atom. The van der Waals surface area contributed by atoms with Crippen LogP contribution in [0.5, 0.6) is 0 Å². The van der Waals surface area contributed by atoms with Crippen LogP contribution in [0.15, 0.2) is 21.6 Å². The third kappa shape index (κ3) is 3.85. The summed E-state index contributed by atoms with van der Waals surface area (Å²) in [4.78, 5) is 30.2. The Kier molecular flexibility index (Phi) is 4.98. The van der Waals surface area contributed by atoms with Gasteiger partial charge in [0.1, 0.15) is 5.56 Å². The monoisotopic (exact) mass is 318 g/mol. The molecule has 2 aromatic rings. The molecular weight excluding hydrogens is 296 g/mol. The van der Waals surface area contributed by atoms with E-state index in [0.717, 1.165) is 5.69 Å². The smallest absolute Gasteiger partial charge is 0.259 e. The van der Waals surface area contributed by atoms with Crippen LogP contribution in [0, 0.1) is 6.92 Å². The molecule has 0 saturated carbocycles. The number of rotatable bonds is 5. The summed E-state index contributed by atoms with van der Waals surface area (Å²) in [5.74, 6) is 1.01. The number of carbonyl (C=O) groups excluding carboxylic acids is 1. The number of aryl methyl sites for hydroxylation is 2. The normalized spacial score (nSPS) is 11.0. The lowest BCUT2D eigenvalue weighted by molar-refractivity contribution is 0.0793. The van der Waals surface area contributed by atoms with Gasteiger partial charge in [-0.25, -0.2) is 0 Å². The number of hydrogen-bond donors (Lipinski definition) is 0. The molecule has 0 aliphatic rings. The molecule has 7 heteroatoms. The minimum atomic E-state index is -0.307. The van der Waals surface area contributed by atoms with Gasteiger partial charge in [-0.3, -0.25) is 9.59 Å². The molecule has 0 aliphatic heterocycles. The van der Waals surface area contributed by atoms with Gasteiger partial charge in [-0.15, -0.1) is 0 Å². The second kappa shape index (κ2) is 6.76. The summed E-state index contributed by atoms with van der Waals surface area (Å²) in [5.41, 5.74) is 0.706. The predicted molar refractivity (Wildman–Crippen MR) is 85.5 cm³/mol. The number of pyridine rings is 1. The van der Waals surface area contributed by atoms with E-state index >= 15 is 0 Å². The minimum Gasteiger partial charge on any atom is -0.354 e. The summed E-state index contributed by atoms with van der Waals surface area (Å²) in [7, 11) is 3.46. The van der Waals surface area contributed by atoms with Crippen molar-refractivity contribution in [2.75, 3.05) is 13.6 Å². The SMILES string of the molecule is Cc1cc(=O)c(C(=O)N(C)CCc2noc(C(C)C)n2)cn1C. The Labute approximate surface area is 134 Å². The van der Waals surface area contributed by atoms with E-state index in [9.17, 15) is 9.59 Å². The standard InChI is InChI=1S/C16H22N4O3/c1-10(2)15-17-14(18-23-15)6-7-19(4)16(22)12-9-20(5)11(3)8-13(12)21/h8-10H,6-7H2,1-5H3. The van der Waals surface area contributed by atoms with Crippen molar-refractivity contribution in [1.29, 1.82) is 0 Å². The molecule has 2 heterocycles. The van der Waals surface area contributed by atoms with Crippen molar-refractivity contribution in [2.45, 2.75) is 33.1 Å². The molecule has 2 rings (SSSR count). The molecular formula is C16H22N4O3. The highest BCUT2D eigenvalue weighted by molar-refractivity contribution is 5.93. The number of aromatic nitrogens is 3. The van der Waals surface area contributed by atoms with Gasteiger partial charge in [0.25, 0.3) is 5.91 Å². The number of likely N-dealkylation sites (N-methyl/N-ethyl adjacent to an activating group) is 1. The van der Waals surface area contributed by atoms with Gasteiger partial charge in [0.15, 0.2) is 11.3 Å². The first-order valence-electron chi connectivity index (χ1n) is 7.54. The Morgan fingerprint density at radius 3 is 2.74 bits per heavy atom. The van der Waals surface area contributed by atoms with Gasteiger partial charge >= 0.3 is 0 Å². The van der Waals surface area contributed by atoms with Gasteiger partial charge in [-0.2, -0.15) is 4.98 Å². The van der Waals surface area contributed by atoms with E-state index in [1.54, 1.807) is 24.9 Å². The van der Waals surface area contributed by atoms with Crippen molar-refractivity contribution in [3.05, 3.63) is 45.5 Å². The summed E-state index contributed by atoms with van der Waals surface area (Å²) < 4.78 is 6.89. The maximum atomic E-state index is 12.4. The Hall–Kier alpha value is -2.44. The van der Waals surface area contributed by atoms with Crippen molar-refractivity contribution in [3.8, 4) is 0 Å². The topological polar surface area (TPSA) is 81.2 Å². The highest BCUT2D eigenvalue weighted by atomic mass is 16.5. The molecule has 124 valence electrons. The van der Waals surface area contributed by atoms with E-state index in [0.29, 0.717) is 24.7 Å². The Morgan fingerprint density at radius 1 is 1.43 bits per heavy atom. The van der Waals surface area contributed by atoms with Crippen LogP contribution in [0.25, 0.3) is 0 Å². The average molecular weight is 318 g/mol. The van der Waals surface area contributed by atoms with E-state index in [1.807, 2.05) is 20.8 Å². The minimum absolute atomic E-state index is 0.164. The number of amides is 1. The molecule has 0 bridgehead atoms. The first-order chi connectivity index (χ1) is 10.8. The van der Waals surface area contributed by atoms with Crippen molar-refractivity contribution < 1.29 is 9.32 Å². The van der Waals surface area contributed by atoms with Crippen LogP contribution in [0.2, 0.25) is 0 Å². The molecule has 7 nitrogen and oxygen atoms in total. The maximum absolute atomic E-state index is 12.4. The lowest BCUT2D eigenvalue weighted by Gasteiger charge is -2.16. The van der Waals surface area contributed by atoms with E-state index in [4.69, 9.17) is 4.52 Å². The lowest BCUT2D eigenvalue weighted by Crippen LogP contribution is -2.33. The number of nitrogens with zero attached hydrogens (tertiary/aromatic N) is 4. The molecule has 0 N–H and O–H groups in total. The molecule has 0 aliphatic carbocycles. The zero-order valence-electron chi connectivity index (χ0n) is 14.2. The molecule has 1 amide bonds. The summed E-state index contributed by atoms with van der Waals surface area (Å²) in [6.07, 6.45) is 2.05. The van der Waals surface area contributed by atoms with Crippen LogP contribution in [-0.4, -0.2) is 39.1 Å². The third-order valence-corrected chi connectivity index (χ3v) is 3.71. The summed E-state index contributed by atoms with van der Waals surface area (Å²) in [6, 6.07) is 1.47. The van der Waals surface area contributed by atoms with E-state index in [1.165, 1.54) is 11.0 Å². The Bertz CT molecular complexity index is 761. The molecule has 0 radical (unpaired) electrons. The predicted octanol–water partition coefficient (Wildman–Crippen LogP) is 1.51. The van der Waals surface area contributed by atoms with Gasteiger partial charge in [0, 0.05) is 50.9 Å². The van der Waals surface area contributed by atoms with Gasteiger partial charge in [-0.1, -0.05) is 19.0 Å². The van der Waals surface area contributed by atoms with Crippen molar-refractivity contribution >= 4 is 5.91 Å². The zero-order valence-corrected chi connectivity index (χ0v) is 14.2. The van der Waals surface area contributed by atoms with Crippen LogP contribution in [0.4, 0.5) is 0 Å². The van der Waals surface area contributed by atoms with Crippen molar-refractivity contribution in [1.82, 2.24) is 19.6 Å². The molecule has 2 aromatic heterocycles. The maximum Gasteiger partial charge on any atom is 0.259 e. The Balaban J connectivity index is 2.05. The van der Waals surface area contributed by atoms with Crippen molar-refractivity contribution in [3.63, 3.8) is 0 Å². The fourth-order valence-corrected chi connectivity index (χ4v) is 2.07. The second-order valence-electron chi connectivity index (χ2n) is 5.98. The molecule has 0 spiro atoms. The third-order valence-electron chi connectivity index (χ3n) is 3.71. The van der Waals surface area contributed by atoms with E-state index in [2.05, 4.69) is 10.1 Å². The first kappa shape index (κ1) is 16.9. The van der Waals surface area contributed by atoms with Crippen LogP contribution in [0.1, 0.15) is 47.5 Å². The summed E-state index contributed by atoms with van der Waals surface area (Å²) in [5, 5.41) is 3.89. The summed E-state index contributed by atoms with van der Waals surface area (Å²) in [6.45, 7) is 6.18. The molecule has 0 atom stereocenters. The first-order valence-corrected chi connectivity index (χ1v) is 7.54. The lowest BCUT2D eigenvalue weighted by atomic mass is 10.2. The molecule has 0 fully saturated rings. The second-order valence-corrected chi connectivity index (χ2v) is 5.98. The van der Waals surface area contributed by atoms with Crippen LogP contribution < -0.4 is 5.43 Å². The fourth-order valence-electron chi connectivity index (χ4n) is 2.07. The molecule has 0 unspecified atom stereocenters. The molecule has 0 aromatic carbocycles. The van der Waals surface area contributed by atoms with Gasteiger partial charge in [-0.05, 0) is 6.92 Å². The highest BCUT2D eigenvalue weighted by Gasteiger charge is 2.17. The van der Waals surface area contributed by atoms with Gasteiger partial charge < -0.3 is 14.0 Å². The van der Waals surface area contributed by atoms with Crippen LogP contribution in [0.3, 0.4) is 0 Å². The van der Waals surface area contributed by atoms with Crippen LogP contribution >= 0.6 is 0 Å². The zero-order chi connectivity index (χ0) is 17.1. The van der Waals surface area contributed by atoms with Crippen molar-refractivity contribution in [2.24, 2.45) is 7.05 Å². The van der Waals surface area contributed by atoms with E-state index < -0.39 is 0 Å². The quantitative estimate of drug-likeness (QED) is 0.835. The van der Waals surface area contributed by atoms with Gasteiger partial charge in [0.2, 0.25) is 5.89 Å². The number of carbonyl (C=O) groups is 1. The van der Waals surface area contributed by atoms with E-state index in [-0.39, 0.29) is 22.8 Å². The van der Waals surface area contributed by atoms with Crippen LogP contribution in [-0.2, 0) is 13.5 Å². The highest BCUT2D eigenvalue weighted by Crippen LogP contribution is 2.11. The summed E-state index contributed by atoms with van der Waals surface area (Å²) >= 11 is 0. The molecule has 0 saturated heterocycles. The molecule has 23 heavy (non-hydrogen) atoms. The average Bonchev–Trinajstić information content (AvgIpc) is 2.97.